The second-order valence-electron chi connectivity index (χ2n) is 3.99. The zero-order valence-electron chi connectivity index (χ0n) is 9.84. The second-order valence-corrected chi connectivity index (χ2v) is 3.99. The van der Waals surface area contributed by atoms with Gasteiger partial charge in [0.25, 0.3) is 5.56 Å². The third kappa shape index (κ3) is 3.17. The quantitative estimate of drug-likeness (QED) is 0.818. The van der Waals surface area contributed by atoms with E-state index in [4.69, 9.17) is 0 Å². The van der Waals surface area contributed by atoms with Crippen molar-refractivity contribution in [3.63, 3.8) is 0 Å². The van der Waals surface area contributed by atoms with Gasteiger partial charge in [0, 0.05) is 24.5 Å². The molecular weight excluding hydrogens is 218 g/mol. The summed E-state index contributed by atoms with van der Waals surface area (Å²) >= 11 is 0. The van der Waals surface area contributed by atoms with Gasteiger partial charge in [-0.05, 0) is 19.9 Å². The fraction of sp³-hybridized carbons (Fsp3) is 0.364. The predicted molar refractivity (Wildman–Crippen MR) is 64.9 cm³/mol. The summed E-state index contributed by atoms with van der Waals surface area (Å²) in [7, 11) is 0. The molecule has 2 rings (SSSR count). The summed E-state index contributed by atoms with van der Waals surface area (Å²) in [5.74, 6) is 1.19. The first-order chi connectivity index (χ1) is 8.13. The van der Waals surface area contributed by atoms with Crippen molar-refractivity contribution < 1.29 is 0 Å². The van der Waals surface area contributed by atoms with E-state index >= 15 is 0 Å². The SMILES string of the molecule is Cc1nc(NC(C)Cn2cccn2)cc(=O)[nH]1. The van der Waals surface area contributed by atoms with Crippen molar-refractivity contribution in [3.05, 3.63) is 40.7 Å². The Bertz CT molecular complexity index is 531. The van der Waals surface area contributed by atoms with Crippen molar-refractivity contribution in [2.75, 3.05) is 5.32 Å². The first-order valence-electron chi connectivity index (χ1n) is 5.45. The molecule has 2 aromatic rings. The van der Waals surface area contributed by atoms with E-state index in [2.05, 4.69) is 20.4 Å². The van der Waals surface area contributed by atoms with Crippen LogP contribution in [-0.4, -0.2) is 25.8 Å². The number of rotatable bonds is 4. The average molecular weight is 233 g/mol. The Labute approximate surface area is 98.7 Å². The molecule has 0 amide bonds. The van der Waals surface area contributed by atoms with Gasteiger partial charge < -0.3 is 10.3 Å². The van der Waals surface area contributed by atoms with E-state index in [0.717, 1.165) is 6.54 Å². The van der Waals surface area contributed by atoms with E-state index in [1.807, 2.05) is 23.9 Å². The number of H-pyrrole nitrogens is 1. The number of nitrogens with one attached hydrogen (secondary N) is 2. The molecule has 0 spiro atoms. The minimum atomic E-state index is -0.147. The predicted octanol–water partition coefficient (Wildman–Crippen LogP) is 0.775. The third-order valence-electron chi connectivity index (χ3n) is 2.27. The molecule has 2 N–H and O–H groups in total. The van der Waals surface area contributed by atoms with Crippen LogP contribution in [0.3, 0.4) is 0 Å². The van der Waals surface area contributed by atoms with Gasteiger partial charge in [-0.25, -0.2) is 4.98 Å². The molecule has 0 aromatic carbocycles. The normalized spacial score (nSPS) is 12.4. The highest BCUT2D eigenvalue weighted by atomic mass is 16.1. The number of aromatic nitrogens is 4. The van der Waals surface area contributed by atoms with E-state index in [1.165, 1.54) is 6.07 Å². The van der Waals surface area contributed by atoms with E-state index in [-0.39, 0.29) is 11.6 Å². The monoisotopic (exact) mass is 233 g/mol. The molecule has 0 bridgehead atoms. The first-order valence-corrected chi connectivity index (χ1v) is 5.45. The number of aromatic amines is 1. The lowest BCUT2D eigenvalue weighted by molar-refractivity contribution is 0.559. The van der Waals surface area contributed by atoms with E-state index < -0.39 is 0 Å². The lowest BCUT2D eigenvalue weighted by Gasteiger charge is -2.14. The molecule has 0 aliphatic heterocycles. The highest BCUT2D eigenvalue weighted by Gasteiger charge is 2.05. The van der Waals surface area contributed by atoms with Gasteiger partial charge in [-0.2, -0.15) is 5.10 Å². The van der Waals surface area contributed by atoms with Gasteiger partial charge >= 0.3 is 0 Å². The molecule has 0 saturated carbocycles. The smallest absolute Gasteiger partial charge is 0.252 e. The summed E-state index contributed by atoms with van der Waals surface area (Å²) in [6.45, 7) is 4.49. The summed E-state index contributed by atoms with van der Waals surface area (Å²) in [5, 5.41) is 7.29. The zero-order valence-corrected chi connectivity index (χ0v) is 9.84. The summed E-state index contributed by atoms with van der Waals surface area (Å²) in [5.41, 5.74) is -0.147. The Kier molecular flexibility index (Phi) is 3.22. The van der Waals surface area contributed by atoms with Crippen LogP contribution in [0.15, 0.2) is 29.3 Å². The third-order valence-corrected chi connectivity index (χ3v) is 2.27. The molecule has 6 nitrogen and oxygen atoms in total. The van der Waals surface area contributed by atoms with Crippen LogP contribution in [0.2, 0.25) is 0 Å². The lowest BCUT2D eigenvalue weighted by atomic mass is 10.3. The number of hydrogen-bond acceptors (Lipinski definition) is 4. The minimum Gasteiger partial charge on any atom is -0.366 e. The van der Waals surface area contributed by atoms with Crippen LogP contribution in [0.5, 0.6) is 0 Å². The first kappa shape index (κ1) is 11.4. The Hall–Kier alpha value is -2.11. The van der Waals surface area contributed by atoms with Gasteiger partial charge in [0.15, 0.2) is 0 Å². The molecule has 0 radical (unpaired) electrons. The van der Waals surface area contributed by atoms with Crippen LogP contribution in [-0.2, 0) is 6.54 Å². The van der Waals surface area contributed by atoms with Crippen LogP contribution in [0.25, 0.3) is 0 Å². The molecule has 0 saturated heterocycles. The summed E-state index contributed by atoms with van der Waals surface area (Å²) in [6, 6.07) is 3.47. The molecule has 17 heavy (non-hydrogen) atoms. The number of nitrogens with zero attached hydrogens (tertiary/aromatic N) is 3. The molecule has 6 heteroatoms. The Morgan fingerprint density at radius 2 is 2.41 bits per heavy atom. The van der Waals surface area contributed by atoms with Gasteiger partial charge in [0.1, 0.15) is 11.6 Å². The van der Waals surface area contributed by atoms with Crippen molar-refractivity contribution >= 4 is 5.82 Å². The molecule has 1 atom stereocenters. The molecule has 2 heterocycles. The maximum Gasteiger partial charge on any atom is 0.252 e. The van der Waals surface area contributed by atoms with Crippen molar-refractivity contribution in [2.24, 2.45) is 0 Å². The molecule has 1 unspecified atom stereocenters. The van der Waals surface area contributed by atoms with E-state index in [9.17, 15) is 4.79 Å². The van der Waals surface area contributed by atoms with Crippen LogP contribution in [0, 0.1) is 6.92 Å². The van der Waals surface area contributed by atoms with Crippen LogP contribution in [0.4, 0.5) is 5.82 Å². The molecule has 2 aromatic heterocycles. The van der Waals surface area contributed by atoms with Gasteiger partial charge in [-0.15, -0.1) is 0 Å². The van der Waals surface area contributed by atoms with Gasteiger partial charge in [0.05, 0.1) is 6.54 Å². The van der Waals surface area contributed by atoms with Crippen molar-refractivity contribution in [3.8, 4) is 0 Å². The molecule has 0 aliphatic carbocycles. The van der Waals surface area contributed by atoms with Crippen LogP contribution in [0.1, 0.15) is 12.7 Å². The van der Waals surface area contributed by atoms with Crippen molar-refractivity contribution in [2.45, 2.75) is 26.4 Å². The second kappa shape index (κ2) is 4.82. The number of anilines is 1. The highest BCUT2D eigenvalue weighted by Crippen LogP contribution is 2.02. The zero-order chi connectivity index (χ0) is 12.3. The summed E-state index contributed by atoms with van der Waals surface area (Å²) < 4.78 is 1.83. The fourth-order valence-corrected chi connectivity index (χ4v) is 1.64. The molecule has 90 valence electrons. The van der Waals surface area contributed by atoms with Gasteiger partial charge in [-0.1, -0.05) is 0 Å². The number of hydrogen-bond donors (Lipinski definition) is 2. The topological polar surface area (TPSA) is 75.6 Å². The fourth-order valence-electron chi connectivity index (χ4n) is 1.64. The molecule has 0 aliphatic rings. The maximum absolute atomic E-state index is 11.3. The molecular formula is C11H15N5O. The average Bonchev–Trinajstić information content (AvgIpc) is 2.67. The van der Waals surface area contributed by atoms with Crippen molar-refractivity contribution in [1.29, 1.82) is 0 Å². The van der Waals surface area contributed by atoms with Crippen LogP contribution < -0.4 is 10.9 Å². The standard InChI is InChI=1S/C11H15N5O/c1-8(7-16-5-3-4-12-16)13-10-6-11(17)15-9(2)14-10/h3-6,8H,7H2,1-2H3,(H2,13,14,15,17). The Balaban J connectivity index is 2.02. The van der Waals surface area contributed by atoms with E-state index in [1.54, 1.807) is 13.1 Å². The lowest BCUT2D eigenvalue weighted by Crippen LogP contribution is -2.24. The van der Waals surface area contributed by atoms with Gasteiger partial charge in [-0.3, -0.25) is 9.48 Å². The summed E-state index contributed by atoms with van der Waals surface area (Å²) in [4.78, 5) is 18.1. The Morgan fingerprint density at radius 1 is 1.59 bits per heavy atom. The van der Waals surface area contributed by atoms with Crippen LogP contribution >= 0.6 is 0 Å². The summed E-state index contributed by atoms with van der Waals surface area (Å²) in [6.07, 6.45) is 3.64. The van der Waals surface area contributed by atoms with Gasteiger partial charge in [0.2, 0.25) is 0 Å². The maximum atomic E-state index is 11.3. The largest absolute Gasteiger partial charge is 0.366 e. The van der Waals surface area contributed by atoms with E-state index in [0.29, 0.717) is 11.6 Å². The number of aryl methyl sites for hydroxylation is 1. The Morgan fingerprint density at radius 3 is 3.06 bits per heavy atom. The minimum absolute atomic E-state index is 0.142. The molecule has 0 fully saturated rings. The van der Waals surface area contributed by atoms with Crippen molar-refractivity contribution in [1.82, 2.24) is 19.7 Å². The highest BCUT2D eigenvalue weighted by molar-refractivity contribution is 5.33.